The first-order valence-corrected chi connectivity index (χ1v) is 9.08. The largest absolute Gasteiger partial charge is 0.326 e. The molecule has 1 aromatic rings. The number of hydrogen-bond acceptors (Lipinski definition) is 4. The fraction of sp³-hybridized carbons (Fsp3) is 0.600. The van der Waals surface area contributed by atoms with Crippen LogP contribution in [-0.2, 0) is 16.6 Å². The zero-order valence-electron chi connectivity index (χ0n) is 12.2. The zero-order valence-corrected chi connectivity index (χ0v) is 13.1. The summed E-state index contributed by atoms with van der Waals surface area (Å²) in [5.41, 5.74) is 6.46. The van der Waals surface area contributed by atoms with Crippen molar-refractivity contribution in [3.63, 3.8) is 0 Å². The van der Waals surface area contributed by atoms with Crippen molar-refractivity contribution >= 4 is 10.0 Å². The van der Waals surface area contributed by atoms with Crippen LogP contribution in [0.1, 0.15) is 24.8 Å². The first-order chi connectivity index (χ1) is 10.1. The summed E-state index contributed by atoms with van der Waals surface area (Å²) in [6.45, 7) is 3.83. The summed E-state index contributed by atoms with van der Waals surface area (Å²) in [4.78, 5) is 2.80. The SMILES string of the molecule is NCc1cccc(S(=O)(=O)N2CCC(N3CCCC3)C2)c1. The van der Waals surface area contributed by atoms with Crippen molar-refractivity contribution in [3.05, 3.63) is 29.8 Å². The number of rotatable bonds is 4. The van der Waals surface area contributed by atoms with E-state index in [1.807, 2.05) is 6.07 Å². The lowest BCUT2D eigenvalue weighted by molar-refractivity contribution is 0.251. The molecule has 6 heteroatoms. The molecule has 2 heterocycles. The van der Waals surface area contributed by atoms with Crippen LogP contribution < -0.4 is 5.73 Å². The third kappa shape index (κ3) is 2.99. The maximum Gasteiger partial charge on any atom is 0.243 e. The number of likely N-dealkylation sites (tertiary alicyclic amines) is 1. The van der Waals surface area contributed by atoms with Gasteiger partial charge in [0.05, 0.1) is 4.90 Å². The maximum atomic E-state index is 12.7. The highest BCUT2D eigenvalue weighted by atomic mass is 32.2. The topological polar surface area (TPSA) is 66.6 Å². The van der Waals surface area contributed by atoms with Gasteiger partial charge in [-0.15, -0.1) is 0 Å². The fourth-order valence-corrected chi connectivity index (χ4v) is 4.88. The predicted molar refractivity (Wildman–Crippen MR) is 82.3 cm³/mol. The van der Waals surface area contributed by atoms with Gasteiger partial charge in [-0.2, -0.15) is 4.31 Å². The highest BCUT2D eigenvalue weighted by molar-refractivity contribution is 7.89. The third-order valence-corrected chi connectivity index (χ3v) is 6.42. The lowest BCUT2D eigenvalue weighted by Crippen LogP contribution is -2.37. The summed E-state index contributed by atoms with van der Waals surface area (Å²) in [5, 5.41) is 0. The van der Waals surface area contributed by atoms with Gasteiger partial charge in [0.15, 0.2) is 0 Å². The average Bonchev–Trinajstić information content (AvgIpc) is 3.18. The second-order valence-electron chi connectivity index (χ2n) is 5.90. The molecule has 0 amide bonds. The number of nitrogens with zero attached hydrogens (tertiary/aromatic N) is 2. The van der Waals surface area contributed by atoms with E-state index in [1.165, 1.54) is 12.8 Å². The molecule has 2 saturated heterocycles. The van der Waals surface area contributed by atoms with Gasteiger partial charge in [0.1, 0.15) is 0 Å². The number of sulfonamides is 1. The molecule has 1 aromatic carbocycles. The van der Waals surface area contributed by atoms with Gasteiger partial charge in [-0.25, -0.2) is 8.42 Å². The molecule has 21 heavy (non-hydrogen) atoms. The van der Waals surface area contributed by atoms with Crippen LogP contribution in [0.3, 0.4) is 0 Å². The van der Waals surface area contributed by atoms with E-state index in [9.17, 15) is 8.42 Å². The molecule has 0 saturated carbocycles. The highest BCUT2D eigenvalue weighted by Crippen LogP contribution is 2.26. The van der Waals surface area contributed by atoms with Gasteiger partial charge in [-0.05, 0) is 50.0 Å². The highest BCUT2D eigenvalue weighted by Gasteiger charge is 2.35. The normalized spacial score (nSPS) is 24.7. The van der Waals surface area contributed by atoms with Crippen LogP contribution in [0.4, 0.5) is 0 Å². The van der Waals surface area contributed by atoms with Gasteiger partial charge in [0.2, 0.25) is 10.0 Å². The number of hydrogen-bond donors (Lipinski definition) is 1. The van der Waals surface area contributed by atoms with Crippen molar-refractivity contribution in [1.29, 1.82) is 0 Å². The Morgan fingerprint density at radius 1 is 1.19 bits per heavy atom. The summed E-state index contributed by atoms with van der Waals surface area (Å²) in [7, 11) is -3.38. The van der Waals surface area contributed by atoms with Crippen molar-refractivity contribution in [2.45, 2.75) is 36.7 Å². The predicted octanol–water partition coefficient (Wildman–Crippen LogP) is 1.00. The molecule has 0 aliphatic carbocycles. The molecule has 0 aromatic heterocycles. The summed E-state index contributed by atoms with van der Waals surface area (Å²) < 4.78 is 27.1. The van der Waals surface area contributed by atoms with E-state index in [1.54, 1.807) is 22.5 Å². The van der Waals surface area contributed by atoms with Crippen molar-refractivity contribution in [2.24, 2.45) is 5.73 Å². The van der Waals surface area contributed by atoms with Gasteiger partial charge in [0, 0.05) is 25.7 Å². The Morgan fingerprint density at radius 2 is 1.95 bits per heavy atom. The van der Waals surface area contributed by atoms with Crippen molar-refractivity contribution in [1.82, 2.24) is 9.21 Å². The standard InChI is InChI=1S/C15H23N3O2S/c16-11-13-4-3-5-15(10-13)21(19,20)18-9-6-14(12-18)17-7-1-2-8-17/h3-5,10,14H,1-2,6-9,11-12,16H2. The molecule has 2 aliphatic heterocycles. The second kappa shape index (κ2) is 6.04. The van der Waals surface area contributed by atoms with E-state index >= 15 is 0 Å². The molecule has 2 aliphatic rings. The molecule has 0 radical (unpaired) electrons. The Kier molecular flexibility index (Phi) is 4.31. The lowest BCUT2D eigenvalue weighted by Gasteiger charge is -2.23. The van der Waals surface area contributed by atoms with Gasteiger partial charge < -0.3 is 5.73 Å². The molecular formula is C15H23N3O2S. The van der Waals surface area contributed by atoms with Gasteiger partial charge in [0.25, 0.3) is 0 Å². The summed E-state index contributed by atoms with van der Waals surface area (Å²) in [6.07, 6.45) is 3.42. The van der Waals surface area contributed by atoms with Crippen LogP contribution in [0, 0.1) is 0 Å². The molecule has 116 valence electrons. The van der Waals surface area contributed by atoms with Crippen LogP contribution in [-0.4, -0.2) is 49.8 Å². The fourth-order valence-electron chi connectivity index (χ4n) is 3.32. The van der Waals surface area contributed by atoms with E-state index in [0.717, 1.165) is 25.1 Å². The minimum atomic E-state index is -3.38. The molecule has 1 atom stereocenters. The van der Waals surface area contributed by atoms with Gasteiger partial charge in [-0.3, -0.25) is 4.90 Å². The molecule has 2 N–H and O–H groups in total. The Morgan fingerprint density at radius 3 is 2.67 bits per heavy atom. The summed E-state index contributed by atoms with van der Waals surface area (Å²) >= 11 is 0. The Bertz CT molecular complexity index is 597. The number of nitrogens with two attached hydrogens (primary N) is 1. The van der Waals surface area contributed by atoms with E-state index in [0.29, 0.717) is 30.6 Å². The zero-order chi connectivity index (χ0) is 14.9. The molecule has 0 spiro atoms. The molecular weight excluding hydrogens is 286 g/mol. The molecule has 2 fully saturated rings. The van der Waals surface area contributed by atoms with Gasteiger partial charge in [-0.1, -0.05) is 12.1 Å². The lowest BCUT2D eigenvalue weighted by atomic mass is 10.2. The quantitative estimate of drug-likeness (QED) is 0.901. The summed E-state index contributed by atoms with van der Waals surface area (Å²) in [6, 6.07) is 7.37. The summed E-state index contributed by atoms with van der Waals surface area (Å²) in [5.74, 6) is 0. The van der Waals surface area contributed by atoms with Crippen molar-refractivity contribution in [3.8, 4) is 0 Å². The van der Waals surface area contributed by atoms with Crippen LogP contribution >= 0.6 is 0 Å². The average molecular weight is 309 g/mol. The molecule has 1 unspecified atom stereocenters. The van der Waals surface area contributed by atoms with E-state index in [4.69, 9.17) is 5.73 Å². The first kappa shape index (κ1) is 15.0. The van der Waals surface area contributed by atoms with Crippen LogP contribution in [0.15, 0.2) is 29.2 Å². The third-order valence-electron chi connectivity index (χ3n) is 4.56. The van der Waals surface area contributed by atoms with Crippen molar-refractivity contribution < 1.29 is 8.42 Å². The number of benzene rings is 1. The van der Waals surface area contributed by atoms with E-state index in [2.05, 4.69) is 4.90 Å². The van der Waals surface area contributed by atoms with E-state index < -0.39 is 10.0 Å². The first-order valence-electron chi connectivity index (χ1n) is 7.64. The maximum absolute atomic E-state index is 12.7. The second-order valence-corrected chi connectivity index (χ2v) is 7.84. The van der Waals surface area contributed by atoms with Crippen LogP contribution in [0.25, 0.3) is 0 Å². The molecule has 0 bridgehead atoms. The smallest absolute Gasteiger partial charge is 0.243 e. The Hall–Kier alpha value is -0.950. The molecule has 5 nitrogen and oxygen atoms in total. The van der Waals surface area contributed by atoms with Crippen molar-refractivity contribution in [2.75, 3.05) is 26.2 Å². The van der Waals surface area contributed by atoms with Gasteiger partial charge >= 0.3 is 0 Å². The van der Waals surface area contributed by atoms with Crippen LogP contribution in [0.5, 0.6) is 0 Å². The Labute approximate surface area is 126 Å². The monoisotopic (exact) mass is 309 g/mol. The minimum Gasteiger partial charge on any atom is -0.326 e. The molecule has 3 rings (SSSR count). The Balaban J connectivity index is 1.76. The minimum absolute atomic E-state index is 0.361. The van der Waals surface area contributed by atoms with Crippen LogP contribution in [0.2, 0.25) is 0 Å². The van der Waals surface area contributed by atoms with E-state index in [-0.39, 0.29) is 0 Å².